The Labute approximate surface area is 309 Å². The van der Waals surface area contributed by atoms with E-state index in [1.165, 1.54) is 0 Å². The molecule has 0 atom stereocenters. The summed E-state index contributed by atoms with van der Waals surface area (Å²) in [5.41, 5.74) is 9.64. The van der Waals surface area contributed by atoms with E-state index in [2.05, 4.69) is 216 Å². The van der Waals surface area contributed by atoms with E-state index in [0.717, 1.165) is 79.4 Å². The van der Waals surface area contributed by atoms with Gasteiger partial charge in [0.15, 0.2) is 0 Å². The van der Waals surface area contributed by atoms with Crippen LogP contribution in [-0.4, -0.2) is 0 Å². The van der Waals surface area contributed by atoms with Crippen LogP contribution in [0.15, 0.2) is 206 Å². The van der Waals surface area contributed by atoms with E-state index in [9.17, 15) is 0 Å². The Morgan fingerprint density at radius 3 is 1.25 bits per heavy atom. The van der Waals surface area contributed by atoms with Crippen LogP contribution >= 0.6 is 0 Å². The number of ether oxygens (including phenoxy) is 2. The van der Waals surface area contributed by atoms with Gasteiger partial charge in [-0.25, -0.2) is 0 Å². The van der Waals surface area contributed by atoms with Crippen LogP contribution in [0.25, 0.3) is 0 Å². The summed E-state index contributed by atoms with van der Waals surface area (Å²) in [7, 11) is 0. The number of hydrogen-bond acceptors (Lipinski definition) is 4. The lowest BCUT2D eigenvalue weighted by atomic mass is 9.61. The second-order valence-corrected chi connectivity index (χ2v) is 13.3. The molecule has 4 heteroatoms. The normalized spacial score (nSPS) is 13.0. The maximum absolute atomic E-state index is 7.06. The van der Waals surface area contributed by atoms with Gasteiger partial charge in [0.1, 0.15) is 23.0 Å². The molecule has 53 heavy (non-hydrogen) atoms. The molecule has 8 aromatic rings. The summed E-state index contributed by atoms with van der Waals surface area (Å²) in [6.07, 6.45) is 0. The number of rotatable bonds is 6. The van der Waals surface area contributed by atoms with Gasteiger partial charge in [-0.3, -0.25) is 0 Å². The van der Waals surface area contributed by atoms with Crippen molar-refractivity contribution < 1.29 is 9.47 Å². The summed E-state index contributed by atoms with van der Waals surface area (Å²) in [5.74, 6) is 3.24. The van der Waals surface area contributed by atoms with Crippen LogP contribution < -0.4 is 19.3 Å². The van der Waals surface area contributed by atoms with Crippen molar-refractivity contribution >= 4 is 34.1 Å². The molecule has 0 amide bonds. The number of anilines is 6. The van der Waals surface area contributed by atoms with Crippen LogP contribution in [0.4, 0.5) is 34.1 Å². The van der Waals surface area contributed by atoms with Gasteiger partial charge >= 0.3 is 0 Å². The molecule has 10 rings (SSSR count). The molecule has 0 saturated carbocycles. The summed E-state index contributed by atoms with van der Waals surface area (Å²) >= 11 is 0. The molecule has 0 saturated heterocycles. The lowest BCUT2D eigenvalue weighted by molar-refractivity contribution is 0.400. The molecule has 2 aliphatic heterocycles. The van der Waals surface area contributed by atoms with Crippen molar-refractivity contribution in [2.75, 3.05) is 9.80 Å². The number of hydrogen-bond donors (Lipinski definition) is 0. The van der Waals surface area contributed by atoms with Crippen molar-refractivity contribution in [3.63, 3.8) is 0 Å². The zero-order valence-corrected chi connectivity index (χ0v) is 28.8. The Morgan fingerprint density at radius 2 is 0.717 bits per heavy atom. The van der Waals surface area contributed by atoms with Gasteiger partial charge in [-0.15, -0.1) is 0 Å². The average Bonchev–Trinajstić information content (AvgIpc) is 3.23. The summed E-state index contributed by atoms with van der Waals surface area (Å²) in [4.78, 5) is 4.66. The van der Waals surface area contributed by atoms with Crippen LogP contribution in [0.5, 0.6) is 23.0 Å². The van der Waals surface area contributed by atoms with Gasteiger partial charge < -0.3 is 19.3 Å². The zero-order valence-electron chi connectivity index (χ0n) is 28.8. The minimum absolute atomic E-state index is 0.800. The average molecular weight is 683 g/mol. The highest BCUT2D eigenvalue weighted by atomic mass is 16.5. The number of fused-ring (bicyclic) bond motifs is 8. The predicted molar refractivity (Wildman–Crippen MR) is 214 cm³/mol. The summed E-state index contributed by atoms with van der Waals surface area (Å²) in [6.45, 7) is 0. The largest absolute Gasteiger partial charge is 0.457 e. The summed E-state index contributed by atoms with van der Waals surface area (Å²) < 4.78 is 13.8. The van der Waals surface area contributed by atoms with Crippen LogP contribution in [0.1, 0.15) is 22.3 Å². The van der Waals surface area contributed by atoms with Crippen molar-refractivity contribution in [1.29, 1.82) is 0 Å². The molecule has 252 valence electrons. The lowest BCUT2D eigenvalue weighted by Gasteiger charge is -2.47. The fraction of sp³-hybridized carbons (Fsp3) is 0.0204. The molecule has 0 bridgehead atoms. The SMILES string of the molecule is c1ccc(N(c2ccccc2)c2ccc3c(c2)C2(c4ccccc4Oc4ccccc42)c2c(cccc2N(c2ccccc2)c2ccccc2)O3)cc1. The molecule has 8 aromatic carbocycles. The van der Waals surface area contributed by atoms with Crippen LogP contribution in [0, 0.1) is 0 Å². The van der Waals surface area contributed by atoms with E-state index >= 15 is 0 Å². The Hall–Kier alpha value is -7.04. The molecule has 0 radical (unpaired) electrons. The second kappa shape index (κ2) is 12.6. The van der Waals surface area contributed by atoms with E-state index in [-0.39, 0.29) is 0 Å². The Morgan fingerprint density at radius 1 is 0.302 bits per heavy atom. The maximum Gasteiger partial charge on any atom is 0.134 e. The lowest BCUT2D eigenvalue weighted by Crippen LogP contribution is -2.38. The van der Waals surface area contributed by atoms with E-state index in [1.54, 1.807) is 0 Å². The molecule has 1 spiro atoms. The van der Waals surface area contributed by atoms with Gasteiger partial charge in [0.05, 0.1) is 11.1 Å². The second-order valence-electron chi connectivity index (χ2n) is 13.3. The highest BCUT2D eigenvalue weighted by molar-refractivity contribution is 5.88. The van der Waals surface area contributed by atoms with Gasteiger partial charge in [0, 0.05) is 50.7 Å². The maximum atomic E-state index is 7.06. The first-order chi connectivity index (χ1) is 26.3. The van der Waals surface area contributed by atoms with Crippen molar-refractivity contribution in [3.05, 3.63) is 229 Å². The van der Waals surface area contributed by atoms with Gasteiger partial charge in [0.25, 0.3) is 0 Å². The zero-order chi connectivity index (χ0) is 35.2. The third-order valence-electron chi connectivity index (χ3n) is 10.3. The molecular weight excluding hydrogens is 649 g/mol. The third-order valence-corrected chi connectivity index (χ3v) is 10.3. The molecule has 0 unspecified atom stereocenters. The van der Waals surface area contributed by atoms with E-state index in [4.69, 9.17) is 9.47 Å². The summed E-state index contributed by atoms with van der Waals surface area (Å²) in [6, 6.07) is 72.2. The molecule has 0 fully saturated rings. The first-order valence-electron chi connectivity index (χ1n) is 17.9. The van der Waals surface area contributed by atoms with Crippen molar-refractivity contribution in [1.82, 2.24) is 0 Å². The summed E-state index contributed by atoms with van der Waals surface area (Å²) in [5, 5.41) is 0. The van der Waals surface area contributed by atoms with E-state index in [0.29, 0.717) is 0 Å². The highest BCUT2D eigenvalue weighted by Crippen LogP contribution is 2.64. The highest BCUT2D eigenvalue weighted by Gasteiger charge is 2.52. The quantitative estimate of drug-likeness (QED) is 0.174. The topological polar surface area (TPSA) is 24.9 Å². The molecular formula is C49H34N2O2. The molecule has 0 aliphatic carbocycles. The minimum Gasteiger partial charge on any atom is -0.457 e. The van der Waals surface area contributed by atoms with Gasteiger partial charge in [0.2, 0.25) is 0 Å². The van der Waals surface area contributed by atoms with Crippen molar-refractivity contribution in [2.24, 2.45) is 0 Å². The van der Waals surface area contributed by atoms with Gasteiger partial charge in [-0.1, -0.05) is 115 Å². The minimum atomic E-state index is -0.832. The molecule has 2 heterocycles. The number of para-hydroxylation sites is 6. The van der Waals surface area contributed by atoms with E-state index in [1.807, 2.05) is 0 Å². The number of benzene rings is 8. The van der Waals surface area contributed by atoms with Crippen LogP contribution in [0.3, 0.4) is 0 Å². The van der Waals surface area contributed by atoms with Crippen molar-refractivity contribution in [2.45, 2.75) is 5.41 Å². The number of nitrogens with zero attached hydrogens (tertiary/aromatic N) is 2. The Bertz CT molecular complexity index is 2450. The standard InChI is InChI=1S/C49H34N2O2/c1-5-18-35(19-6-1)50(36-20-7-2-8-21-36)39-32-33-46-42(34-39)49(40-26-13-15-29-44(40)52-45-30-16-14-27-41(45)49)48-43(28-17-31-47(48)53-46)51(37-22-9-3-10-23-37)38-24-11-4-12-25-38/h1-34H. The molecule has 2 aliphatic rings. The Kier molecular flexibility index (Phi) is 7.33. The van der Waals surface area contributed by atoms with Crippen LogP contribution in [-0.2, 0) is 5.41 Å². The predicted octanol–water partition coefficient (Wildman–Crippen LogP) is 13.2. The molecule has 0 N–H and O–H groups in total. The third kappa shape index (κ3) is 4.91. The first kappa shape index (κ1) is 30.8. The molecule has 0 aromatic heterocycles. The smallest absolute Gasteiger partial charge is 0.134 e. The molecule has 4 nitrogen and oxygen atoms in total. The fourth-order valence-electron chi connectivity index (χ4n) is 8.20. The van der Waals surface area contributed by atoms with Gasteiger partial charge in [-0.05, 0) is 91.0 Å². The monoisotopic (exact) mass is 682 g/mol. The fourth-order valence-corrected chi connectivity index (χ4v) is 8.20. The first-order valence-corrected chi connectivity index (χ1v) is 17.9. The van der Waals surface area contributed by atoms with Crippen molar-refractivity contribution in [3.8, 4) is 23.0 Å². The van der Waals surface area contributed by atoms with Gasteiger partial charge in [-0.2, -0.15) is 0 Å². The van der Waals surface area contributed by atoms with E-state index < -0.39 is 5.41 Å². The van der Waals surface area contributed by atoms with Crippen LogP contribution in [0.2, 0.25) is 0 Å². The Balaban J connectivity index is 1.33.